The molecule has 4 heteroatoms. The van der Waals surface area contributed by atoms with Crippen molar-refractivity contribution in [2.24, 2.45) is 4.99 Å². The van der Waals surface area contributed by atoms with Gasteiger partial charge in [0.2, 0.25) is 0 Å². The monoisotopic (exact) mass is 155 g/mol. The highest BCUT2D eigenvalue weighted by Gasteiger charge is 1.93. The highest BCUT2D eigenvalue weighted by atomic mass is 32.1. The molecule has 1 heterocycles. The number of nitrogens with one attached hydrogen (secondary N) is 1. The van der Waals surface area contributed by atoms with Crippen LogP contribution in [0.4, 0.5) is 5.13 Å². The normalized spacial score (nSPS) is 9.30. The van der Waals surface area contributed by atoms with Crippen molar-refractivity contribution in [2.45, 2.75) is 6.92 Å². The first-order valence-corrected chi connectivity index (χ1v) is 3.73. The molecule has 0 radical (unpaired) electrons. The predicted octanol–water partition coefficient (Wildman–Crippen LogP) is 1.52. The fourth-order valence-corrected chi connectivity index (χ4v) is 1.21. The van der Waals surface area contributed by atoms with Crippen molar-refractivity contribution in [2.75, 3.05) is 12.0 Å². The summed E-state index contributed by atoms with van der Waals surface area (Å²) in [5.41, 5.74) is 0. The first-order valence-electron chi connectivity index (χ1n) is 2.91. The van der Waals surface area contributed by atoms with Crippen LogP contribution in [0.2, 0.25) is 0 Å². The van der Waals surface area contributed by atoms with Gasteiger partial charge in [0.25, 0.3) is 0 Å². The van der Waals surface area contributed by atoms with E-state index in [1.165, 1.54) is 4.88 Å². The molecule has 0 saturated carbocycles. The molecule has 0 saturated heterocycles. The lowest BCUT2D eigenvalue weighted by atomic mass is 10.7. The molecule has 0 spiro atoms. The molecule has 1 N–H and O–H groups in total. The lowest BCUT2D eigenvalue weighted by Crippen LogP contribution is -1.95. The number of hydrogen-bond acceptors (Lipinski definition) is 4. The third-order valence-corrected chi connectivity index (χ3v) is 1.83. The summed E-state index contributed by atoms with van der Waals surface area (Å²) >= 11 is 1.62. The van der Waals surface area contributed by atoms with E-state index in [4.69, 9.17) is 0 Å². The Bertz CT molecular complexity index is 219. The van der Waals surface area contributed by atoms with E-state index in [-0.39, 0.29) is 0 Å². The highest BCUT2D eigenvalue weighted by Crippen LogP contribution is 2.15. The van der Waals surface area contributed by atoms with E-state index in [0.717, 1.165) is 5.13 Å². The third kappa shape index (κ3) is 1.80. The number of hydrogen-bond donors (Lipinski definition) is 1. The van der Waals surface area contributed by atoms with Gasteiger partial charge in [-0.3, -0.25) is 4.99 Å². The molecule has 0 aliphatic heterocycles. The maximum Gasteiger partial charge on any atom is 0.184 e. The third-order valence-electron chi connectivity index (χ3n) is 0.963. The molecule has 0 unspecified atom stereocenters. The summed E-state index contributed by atoms with van der Waals surface area (Å²) in [6, 6.07) is 0. The van der Waals surface area contributed by atoms with Gasteiger partial charge in [0.05, 0.1) is 0 Å². The molecule has 0 aliphatic rings. The molecule has 0 aromatic carbocycles. The van der Waals surface area contributed by atoms with Crippen LogP contribution in [-0.2, 0) is 0 Å². The molecular weight excluding hydrogens is 146 g/mol. The Kier molecular flexibility index (Phi) is 2.39. The Morgan fingerprint density at radius 1 is 1.90 bits per heavy atom. The number of anilines is 1. The predicted molar refractivity (Wildman–Crippen MR) is 44.9 cm³/mol. The van der Waals surface area contributed by atoms with E-state index in [1.807, 2.05) is 13.1 Å². The number of thiazole rings is 1. The number of aliphatic imine (C=N–C) groups is 1. The van der Waals surface area contributed by atoms with Crippen molar-refractivity contribution >= 4 is 23.2 Å². The first-order chi connectivity index (χ1) is 4.83. The SMILES string of the molecule is C=NCNc1ncc(C)s1. The second-order valence-corrected chi connectivity index (χ2v) is 3.07. The molecule has 1 aromatic heterocycles. The van der Waals surface area contributed by atoms with Gasteiger partial charge in [-0.1, -0.05) is 0 Å². The lowest BCUT2D eigenvalue weighted by Gasteiger charge is -1.93. The van der Waals surface area contributed by atoms with E-state index in [2.05, 4.69) is 22.0 Å². The molecule has 0 atom stereocenters. The van der Waals surface area contributed by atoms with Crippen LogP contribution in [0.5, 0.6) is 0 Å². The second kappa shape index (κ2) is 3.31. The van der Waals surface area contributed by atoms with E-state index < -0.39 is 0 Å². The van der Waals surface area contributed by atoms with Crippen molar-refractivity contribution in [3.05, 3.63) is 11.1 Å². The van der Waals surface area contributed by atoms with Gasteiger partial charge in [0.1, 0.15) is 6.67 Å². The smallest absolute Gasteiger partial charge is 0.184 e. The van der Waals surface area contributed by atoms with Crippen molar-refractivity contribution in [1.82, 2.24) is 4.98 Å². The molecule has 0 aliphatic carbocycles. The van der Waals surface area contributed by atoms with E-state index >= 15 is 0 Å². The Hall–Kier alpha value is -0.900. The topological polar surface area (TPSA) is 37.3 Å². The van der Waals surface area contributed by atoms with Crippen LogP contribution in [0.3, 0.4) is 0 Å². The first kappa shape index (κ1) is 7.21. The summed E-state index contributed by atoms with van der Waals surface area (Å²) in [5, 5.41) is 3.90. The Labute approximate surface area is 63.8 Å². The van der Waals surface area contributed by atoms with Crippen LogP contribution in [0.25, 0.3) is 0 Å². The van der Waals surface area contributed by atoms with Crippen LogP contribution in [0.15, 0.2) is 11.2 Å². The van der Waals surface area contributed by atoms with Crippen molar-refractivity contribution in [1.29, 1.82) is 0 Å². The summed E-state index contributed by atoms with van der Waals surface area (Å²) in [6.07, 6.45) is 1.83. The minimum absolute atomic E-state index is 0.535. The zero-order valence-corrected chi connectivity index (χ0v) is 6.61. The van der Waals surface area contributed by atoms with Gasteiger partial charge in [-0.2, -0.15) is 0 Å². The number of rotatable bonds is 3. The number of aromatic nitrogens is 1. The second-order valence-electron chi connectivity index (χ2n) is 1.83. The Morgan fingerprint density at radius 2 is 2.70 bits per heavy atom. The molecule has 0 amide bonds. The molecule has 0 bridgehead atoms. The Morgan fingerprint density at radius 3 is 3.20 bits per heavy atom. The summed E-state index contributed by atoms with van der Waals surface area (Å²) < 4.78 is 0. The zero-order chi connectivity index (χ0) is 7.40. The highest BCUT2D eigenvalue weighted by molar-refractivity contribution is 7.15. The lowest BCUT2D eigenvalue weighted by molar-refractivity contribution is 1.14. The summed E-state index contributed by atoms with van der Waals surface area (Å²) in [4.78, 5) is 8.92. The van der Waals surface area contributed by atoms with Crippen molar-refractivity contribution < 1.29 is 0 Å². The fourth-order valence-electron chi connectivity index (χ4n) is 0.560. The molecule has 3 nitrogen and oxygen atoms in total. The molecule has 10 heavy (non-hydrogen) atoms. The maximum atomic E-state index is 4.07. The quantitative estimate of drug-likeness (QED) is 0.672. The zero-order valence-electron chi connectivity index (χ0n) is 5.79. The van der Waals surface area contributed by atoms with Crippen LogP contribution in [0.1, 0.15) is 4.88 Å². The largest absolute Gasteiger partial charge is 0.342 e. The molecular formula is C6H9N3S. The Balaban J connectivity index is 2.49. The van der Waals surface area contributed by atoms with E-state index in [9.17, 15) is 0 Å². The van der Waals surface area contributed by atoms with Crippen molar-refractivity contribution in [3.63, 3.8) is 0 Å². The average molecular weight is 155 g/mol. The standard InChI is InChI=1S/C6H9N3S/c1-5-3-8-6(10-5)9-4-7-2/h3H,2,4H2,1H3,(H,8,9). The van der Waals surface area contributed by atoms with Gasteiger partial charge in [-0.05, 0) is 13.6 Å². The number of aryl methyl sites for hydroxylation is 1. The van der Waals surface area contributed by atoms with Crippen LogP contribution in [-0.4, -0.2) is 18.4 Å². The molecule has 1 rings (SSSR count). The van der Waals surface area contributed by atoms with Gasteiger partial charge < -0.3 is 5.32 Å². The van der Waals surface area contributed by atoms with E-state index in [1.54, 1.807) is 11.3 Å². The summed E-state index contributed by atoms with van der Waals surface area (Å²) in [7, 11) is 0. The molecule has 0 fully saturated rings. The van der Waals surface area contributed by atoms with E-state index in [0.29, 0.717) is 6.67 Å². The van der Waals surface area contributed by atoms with Gasteiger partial charge >= 0.3 is 0 Å². The number of nitrogens with zero attached hydrogens (tertiary/aromatic N) is 2. The van der Waals surface area contributed by atoms with Gasteiger partial charge in [-0.25, -0.2) is 4.98 Å². The maximum absolute atomic E-state index is 4.07. The van der Waals surface area contributed by atoms with Crippen molar-refractivity contribution in [3.8, 4) is 0 Å². The van der Waals surface area contributed by atoms with Crippen LogP contribution >= 0.6 is 11.3 Å². The average Bonchev–Trinajstić information content (AvgIpc) is 2.31. The molecule has 1 aromatic rings. The van der Waals surface area contributed by atoms with Gasteiger partial charge in [-0.15, -0.1) is 11.3 Å². The summed E-state index contributed by atoms with van der Waals surface area (Å²) in [5.74, 6) is 0. The van der Waals surface area contributed by atoms with Gasteiger partial charge in [0.15, 0.2) is 5.13 Å². The molecule has 54 valence electrons. The van der Waals surface area contributed by atoms with Crippen LogP contribution < -0.4 is 5.32 Å². The van der Waals surface area contributed by atoms with Crippen LogP contribution in [0, 0.1) is 6.92 Å². The fraction of sp³-hybridized carbons (Fsp3) is 0.333. The van der Waals surface area contributed by atoms with Gasteiger partial charge in [0, 0.05) is 11.1 Å². The summed E-state index contributed by atoms with van der Waals surface area (Å²) in [6.45, 7) is 5.90. The minimum atomic E-state index is 0.535. The minimum Gasteiger partial charge on any atom is -0.342 e.